The molecule has 0 unspecified atom stereocenters. The number of phenols is 1. The van der Waals surface area contributed by atoms with Crippen molar-refractivity contribution in [2.45, 2.75) is 5.75 Å². The summed E-state index contributed by atoms with van der Waals surface area (Å²) in [7, 11) is -3.84. The molecule has 0 spiro atoms. The Morgan fingerprint density at radius 2 is 1.84 bits per heavy atom. The molecular formula is C17H18FNO5S. The second-order valence-electron chi connectivity index (χ2n) is 5.46. The number of sulfone groups is 1. The van der Waals surface area contributed by atoms with Crippen molar-refractivity contribution < 1.29 is 27.8 Å². The van der Waals surface area contributed by atoms with Gasteiger partial charge in [0.25, 0.3) is 0 Å². The molecule has 0 aromatic heterocycles. The molecule has 25 heavy (non-hydrogen) atoms. The average molecular weight is 367 g/mol. The van der Waals surface area contributed by atoms with Crippen molar-refractivity contribution >= 4 is 15.7 Å². The Balaban J connectivity index is 2.14. The molecule has 1 amide bonds. The fourth-order valence-electron chi connectivity index (χ4n) is 2.26. The van der Waals surface area contributed by atoms with Gasteiger partial charge in [0.2, 0.25) is 5.91 Å². The summed E-state index contributed by atoms with van der Waals surface area (Å²) >= 11 is 0. The van der Waals surface area contributed by atoms with Crippen molar-refractivity contribution in [2.75, 3.05) is 18.9 Å². The highest BCUT2D eigenvalue weighted by molar-refractivity contribution is 7.91. The summed E-state index contributed by atoms with van der Waals surface area (Å²) in [6, 6.07) is 10.3. The minimum Gasteiger partial charge on any atom is -0.508 e. The van der Waals surface area contributed by atoms with E-state index in [2.05, 4.69) is 5.32 Å². The standard InChI is InChI=1S/C17H18FNO5S/c18-16-9-13(12-2-1-3-15(21)8-12)4-5-14(16)10-25(23,24)11-17(22)19-6-7-20/h1-5,8-9,20-21H,6-7,10-11H2,(H,19,22). The van der Waals surface area contributed by atoms with Gasteiger partial charge in [-0.05, 0) is 29.3 Å². The summed E-state index contributed by atoms with van der Waals surface area (Å²) in [5.74, 6) is -2.80. The maximum atomic E-state index is 14.2. The Hall–Kier alpha value is -2.45. The molecule has 0 aliphatic carbocycles. The molecule has 0 aliphatic rings. The number of aliphatic hydroxyl groups is 1. The summed E-state index contributed by atoms with van der Waals surface area (Å²) in [5.41, 5.74) is 1.05. The van der Waals surface area contributed by atoms with Crippen LogP contribution in [0.5, 0.6) is 5.75 Å². The lowest BCUT2D eigenvalue weighted by Crippen LogP contribution is -2.32. The van der Waals surface area contributed by atoms with E-state index in [0.717, 1.165) is 0 Å². The number of aromatic hydroxyl groups is 1. The number of amides is 1. The summed E-state index contributed by atoms with van der Waals surface area (Å²) < 4.78 is 38.3. The number of benzene rings is 2. The van der Waals surface area contributed by atoms with Gasteiger partial charge in [0.05, 0.1) is 12.4 Å². The second kappa shape index (κ2) is 8.09. The zero-order chi connectivity index (χ0) is 18.4. The summed E-state index contributed by atoms with van der Waals surface area (Å²) in [6.07, 6.45) is 0. The van der Waals surface area contributed by atoms with E-state index in [4.69, 9.17) is 5.11 Å². The Morgan fingerprint density at radius 1 is 1.12 bits per heavy atom. The number of carbonyl (C=O) groups excluding carboxylic acids is 1. The number of nitrogens with one attached hydrogen (secondary N) is 1. The fourth-order valence-corrected chi connectivity index (χ4v) is 3.58. The first-order valence-electron chi connectivity index (χ1n) is 7.46. The highest BCUT2D eigenvalue weighted by Gasteiger charge is 2.19. The van der Waals surface area contributed by atoms with Gasteiger partial charge in [-0.1, -0.05) is 24.3 Å². The van der Waals surface area contributed by atoms with Crippen molar-refractivity contribution in [1.29, 1.82) is 0 Å². The van der Waals surface area contributed by atoms with Crippen LogP contribution in [-0.2, 0) is 20.4 Å². The molecule has 0 aliphatic heterocycles. The van der Waals surface area contributed by atoms with E-state index < -0.39 is 33.1 Å². The van der Waals surface area contributed by atoms with Crippen molar-refractivity contribution in [1.82, 2.24) is 5.32 Å². The van der Waals surface area contributed by atoms with Crippen LogP contribution in [0, 0.1) is 5.82 Å². The Kier molecular flexibility index (Phi) is 6.11. The third-order valence-corrected chi connectivity index (χ3v) is 4.85. The smallest absolute Gasteiger partial charge is 0.235 e. The number of aliphatic hydroxyl groups excluding tert-OH is 1. The zero-order valence-electron chi connectivity index (χ0n) is 13.3. The van der Waals surface area contributed by atoms with E-state index >= 15 is 0 Å². The van der Waals surface area contributed by atoms with E-state index in [1.54, 1.807) is 18.2 Å². The molecule has 8 heteroatoms. The lowest BCUT2D eigenvalue weighted by molar-refractivity contribution is -0.118. The molecule has 0 heterocycles. The summed E-state index contributed by atoms with van der Waals surface area (Å²) in [5, 5.41) is 20.3. The van der Waals surface area contributed by atoms with Crippen LogP contribution in [0.3, 0.4) is 0 Å². The van der Waals surface area contributed by atoms with Gasteiger partial charge in [-0.25, -0.2) is 12.8 Å². The molecule has 134 valence electrons. The van der Waals surface area contributed by atoms with E-state index in [1.165, 1.54) is 24.3 Å². The Morgan fingerprint density at radius 3 is 2.48 bits per heavy atom. The molecule has 2 aromatic carbocycles. The van der Waals surface area contributed by atoms with Gasteiger partial charge in [0.1, 0.15) is 17.3 Å². The van der Waals surface area contributed by atoms with Gasteiger partial charge in [-0.2, -0.15) is 0 Å². The summed E-state index contributed by atoms with van der Waals surface area (Å²) in [6.45, 7) is -0.335. The Labute approximate surface area is 144 Å². The van der Waals surface area contributed by atoms with Crippen LogP contribution < -0.4 is 5.32 Å². The molecule has 3 N–H and O–H groups in total. The van der Waals surface area contributed by atoms with E-state index in [0.29, 0.717) is 11.1 Å². The lowest BCUT2D eigenvalue weighted by Gasteiger charge is -2.08. The highest BCUT2D eigenvalue weighted by atomic mass is 32.2. The molecule has 0 fully saturated rings. The first-order chi connectivity index (χ1) is 11.8. The third-order valence-electron chi connectivity index (χ3n) is 3.39. The van der Waals surface area contributed by atoms with Crippen LogP contribution in [0.4, 0.5) is 4.39 Å². The molecule has 6 nitrogen and oxygen atoms in total. The van der Waals surface area contributed by atoms with Gasteiger partial charge in [-0.3, -0.25) is 4.79 Å². The van der Waals surface area contributed by atoms with Gasteiger partial charge in [-0.15, -0.1) is 0 Å². The number of carbonyl (C=O) groups is 1. The first-order valence-corrected chi connectivity index (χ1v) is 9.29. The molecule has 0 atom stereocenters. The maximum absolute atomic E-state index is 14.2. The molecular weight excluding hydrogens is 349 g/mol. The largest absolute Gasteiger partial charge is 0.508 e. The lowest BCUT2D eigenvalue weighted by atomic mass is 10.0. The predicted octanol–water partition coefficient (Wildman–Crippen LogP) is 1.22. The molecule has 2 rings (SSSR count). The Bertz CT molecular complexity index is 867. The molecule has 0 saturated heterocycles. The van der Waals surface area contributed by atoms with Crippen LogP contribution in [0.1, 0.15) is 5.56 Å². The average Bonchev–Trinajstić information content (AvgIpc) is 2.54. The van der Waals surface area contributed by atoms with Gasteiger partial charge >= 0.3 is 0 Å². The zero-order valence-corrected chi connectivity index (χ0v) is 14.1. The minimum atomic E-state index is -3.84. The fraction of sp³-hybridized carbons (Fsp3) is 0.235. The van der Waals surface area contributed by atoms with E-state index in [1.807, 2.05) is 0 Å². The molecule has 2 aromatic rings. The van der Waals surface area contributed by atoms with Gasteiger partial charge in [0, 0.05) is 12.1 Å². The quantitative estimate of drug-likeness (QED) is 0.683. The van der Waals surface area contributed by atoms with Crippen molar-refractivity contribution in [3.63, 3.8) is 0 Å². The van der Waals surface area contributed by atoms with Crippen molar-refractivity contribution in [2.24, 2.45) is 0 Å². The van der Waals surface area contributed by atoms with Gasteiger partial charge in [0.15, 0.2) is 9.84 Å². The van der Waals surface area contributed by atoms with Gasteiger partial charge < -0.3 is 15.5 Å². The van der Waals surface area contributed by atoms with Crippen LogP contribution in [0.2, 0.25) is 0 Å². The van der Waals surface area contributed by atoms with E-state index in [9.17, 15) is 22.7 Å². The SMILES string of the molecule is O=C(CS(=O)(=O)Cc1ccc(-c2cccc(O)c2)cc1F)NCCO. The van der Waals surface area contributed by atoms with Crippen LogP contribution in [-0.4, -0.2) is 43.4 Å². The molecule has 0 bridgehead atoms. The van der Waals surface area contributed by atoms with Crippen LogP contribution >= 0.6 is 0 Å². The number of hydrogen-bond donors (Lipinski definition) is 3. The number of rotatable bonds is 7. The number of halogens is 1. The van der Waals surface area contributed by atoms with Crippen molar-refractivity contribution in [3.05, 3.63) is 53.8 Å². The highest BCUT2D eigenvalue weighted by Crippen LogP contribution is 2.25. The second-order valence-corrected chi connectivity index (χ2v) is 7.53. The number of hydrogen-bond acceptors (Lipinski definition) is 5. The third kappa shape index (κ3) is 5.54. The normalized spacial score (nSPS) is 11.3. The topological polar surface area (TPSA) is 104 Å². The van der Waals surface area contributed by atoms with Crippen LogP contribution in [0.15, 0.2) is 42.5 Å². The number of phenolic OH excluding ortho intramolecular Hbond substituents is 1. The molecule has 0 radical (unpaired) electrons. The minimum absolute atomic E-state index is 0.0402. The predicted molar refractivity (Wildman–Crippen MR) is 91.1 cm³/mol. The first kappa shape index (κ1) is 18.9. The monoisotopic (exact) mass is 367 g/mol. The van der Waals surface area contributed by atoms with Crippen molar-refractivity contribution in [3.8, 4) is 16.9 Å². The molecule has 0 saturated carbocycles. The van der Waals surface area contributed by atoms with E-state index in [-0.39, 0.29) is 24.5 Å². The maximum Gasteiger partial charge on any atom is 0.235 e. The summed E-state index contributed by atoms with van der Waals surface area (Å²) in [4.78, 5) is 11.4. The van der Waals surface area contributed by atoms with Crippen LogP contribution in [0.25, 0.3) is 11.1 Å².